The molecule has 142 valence electrons. The first kappa shape index (κ1) is 20.2. The number of hydrogen-bond donors (Lipinski definition) is 2. The van der Waals surface area contributed by atoms with E-state index in [9.17, 15) is 13.2 Å². The lowest BCUT2D eigenvalue weighted by atomic mass is 9.86. The molecule has 0 bridgehead atoms. The summed E-state index contributed by atoms with van der Waals surface area (Å²) in [4.78, 5) is 7.72. The Morgan fingerprint density at radius 2 is 1.85 bits per heavy atom. The Labute approximate surface area is 155 Å². The lowest BCUT2D eigenvalue weighted by molar-refractivity contribution is -0.140. The van der Waals surface area contributed by atoms with Crippen LogP contribution < -0.4 is 10.6 Å². The molecule has 1 heterocycles. The summed E-state index contributed by atoms with van der Waals surface area (Å²) in [7, 11) is 1.63. The standard InChI is InChI=1S/C18H23F3N4S/c1-17(2,9-13-7-5-4-6-8-13)12-24-16(22-3)23-10-15-25-14(11-26-15)18(19,20)21/h4-8,11H,9-10,12H2,1-3H3,(H2,22,23,24). The Kier molecular flexibility index (Phi) is 6.63. The van der Waals surface area contributed by atoms with Gasteiger partial charge in [0.25, 0.3) is 0 Å². The average molecular weight is 384 g/mol. The Bertz CT molecular complexity index is 724. The number of rotatable bonds is 6. The van der Waals surface area contributed by atoms with E-state index in [1.165, 1.54) is 5.56 Å². The molecule has 2 rings (SSSR count). The molecule has 0 aliphatic carbocycles. The fraction of sp³-hybridized carbons (Fsp3) is 0.444. The van der Waals surface area contributed by atoms with Crippen molar-refractivity contribution in [2.24, 2.45) is 10.4 Å². The lowest BCUT2D eigenvalue weighted by Gasteiger charge is -2.26. The summed E-state index contributed by atoms with van der Waals surface area (Å²) in [6, 6.07) is 10.2. The van der Waals surface area contributed by atoms with Crippen molar-refractivity contribution in [3.05, 3.63) is 52.0 Å². The molecule has 0 saturated heterocycles. The number of thiazole rings is 1. The molecule has 8 heteroatoms. The first-order valence-electron chi connectivity index (χ1n) is 8.20. The van der Waals surface area contributed by atoms with Gasteiger partial charge in [-0.3, -0.25) is 4.99 Å². The van der Waals surface area contributed by atoms with Crippen LogP contribution in [0.1, 0.15) is 30.1 Å². The minimum atomic E-state index is -4.41. The second-order valence-electron chi connectivity index (χ2n) is 6.73. The van der Waals surface area contributed by atoms with Crippen molar-refractivity contribution in [1.82, 2.24) is 15.6 Å². The first-order valence-corrected chi connectivity index (χ1v) is 9.08. The van der Waals surface area contributed by atoms with Crippen LogP contribution >= 0.6 is 11.3 Å². The summed E-state index contributed by atoms with van der Waals surface area (Å²) in [6.45, 7) is 5.17. The van der Waals surface area contributed by atoms with Crippen LogP contribution in [0.4, 0.5) is 13.2 Å². The normalized spacial score (nSPS) is 12.9. The number of alkyl halides is 3. The molecule has 0 fully saturated rings. The van der Waals surface area contributed by atoms with Crippen LogP contribution in [-0.2, 0) is 19.1 Å². The summed E-state index contributed by atoms with van der Waals surface area (Å²) >= 11 is 0.978. The SMILES string of the molecule is CN=C(NCc1nc(C(F)(F)F)cs1)NCC(C)(C)Cc1ccccc1. The van der Waals surface area contributed by atoms with E-state index in [4.69, 9.17) is 0 Å². The van der Waals surface area contributed by atoms with E-state index < -0.39 is 11.9 Å². The fourth-order valence-corrected chi connectivity index (χ4v) is 3.18. The highest BCUT2D eigenvalue weighted by Gasteiger charge is 2.33. The second-order valence-corrected chi connectivity index (χ2v) is 7.67. The maximum absolute atomic E-state index is 12.6. The maximum Gasteiger partial charge on any atom is 0.434 e. The quantitative estimate of drug-likeness (QED) is 0.582. The molecule has 0 radical (unpaired) electrons. The van der Waals surface area contributed by atoms with Crippen molar-refractivity contribution >= 4 is 17.3 Å². The Morgan fingerprint density at radius 3 is 2.42 bits per heavy atom. The first-order chi connectivity index (χ1) is 12.2. The highest BCUT2D eigenvalue weighted by molar-refractivity contribution is 7.09. The fourth-order valence-electron chi connectivity index (χ4n) is 2.44. The topological polar surface area (TPSA) is 49.3 Å². The van der Waals surface area contributed by atoms with E-state index in [0.717, 1.165) is 23.1 Å². The molecule has 0 unspecified atom stereocenters. The summed E-state index contributed by atoms with van der Waals surface area (Å²) in [6.07, 6.45) is -3.50. The largest absolute Gasteiger partial charge is 0.434 e. The van der Waals surface area contributed by atoms with Gasteiger partial charge in [-0.1, -0.05) is 44.2 Å². The van der Waals surface area contributed by atoms with Crippen LogP contribution in [0.15, 0.2) is 40.7 Å². The molecular formula is C18H23F3N4S. The summed E-state index contributed by atoms with van der Waals surface area (Å²) in [5.74, 6) is 0.537. The van der Waals surface area contributed by atoms with Crippen molar-refractivity contribution < 1.29 is 13.2 Å². The molecule has 4 nitrogen and oxygen atoms in total. The van der Waals surface area contributed by atoms with Gasteiger partial charge < -0.3 is 10.6 Å². The van der Waals surface area contributed by atoms with E-state index in [1.807, 2.05) is 18.2 Å². The highest BCUT2D eigenvalue weighted by atomic mass is 32.1. The molecule has 0 atom stereocenters. The van der Waals surface area contributed by atoms with Gasteiger partial charge in [-0.2, -0.15) is 13.2 Å². The smallest absolute Gasteiger partial charge is 0.356 e. The van der Waals surface area contributed by atoms with Gasteiger partial charge in [0.15, 0.2) is 11.7 Å². The minimum Gasteiger partial charge on any atom is -0.356 e. The molecule has 2 N–H and O–H groups in total. The molecule has 0 aliphatic rings. The summed E-state index contributed by atoms with van der Waals surface area (Å²) in [5, 5.41) is 7.63. The lowest BCUT2D eigenvalue weighted by Crippen LogP contribution is -2.42. The maximum atomic E-state index is 12.6. The number of nitrogens with zero attached hydrogens (tertiary/aromatic N) is 2. The molecule has 26 heavy (non-hydrogen) atoms. The van der Waals surface area contributed by atoms with Crippen LogP contribution in [0.25, 0.3) is 0 Å². The van der Waals surface area contributed by atoms with Gasteiger partial charge in [0.1, 0.15) is 5.01 Å². The van der Waals surface area contributed by atoms with Crippen molar-refractivity contribution in [3.8, 4) is 0 Å². The summed E-state index contributed by atoms with van der Waals surface area (Å²) < 4.78 is 37.8. The van der Waals surface area contributed by atoms with Crippen LogP contribution in [0, 0.1) is 5.41 Å². The van der Waals surface area contributed by atoms with Crippen molar-refractivity contribution in [1.29, 1.82) is 0 Å². The molecule has 0 spiro atoms. The molecule has 0 aliphatic heterocycles. The monoisotopic (exact) mass is 384 g/mol. The number of benzene rings is 1. The van der Waals surface area contributed by atoms with Gasteiger partial charge in [0, 0.05) is 19.0 Å². The van der Waals surface area contributed by atoms with Gasteiger partial charge in [-0.25, -0.2) is 4.98 Å². The second kappa shape index (κ2) is 8.53. The zero-order chi connectivity index (χ0) is 19.2. The third kappa shape index (κ3) is 6.33. The third-order valence-electron chi connectivity index (χ3n) is 3.73. The zero-order valence-electron chi connectivity index (χ0n) is 15.0. The highest BCUT2D eigenvalue weighted by Crippen LogP contribution is 2.29. The Hall–Kier alpha value is -2.09. The predicted octanol–water partition coefficient (Wildman–Crippen LogP) is 4.10. The van der Waals surface area contributed by atoms with Crippen LogP contribution in [0.3, 0.4) is 0 Å². The average Bonchev–Trinajstić information content (AvgIpc) is 3.05. The van der Waals surface area contributed by atoms with Gasteiger partial charge in [-0.15, -0.1) is 11.3 Å². The minimum absolute atomic E-state index is 0.0103. The van der Waals surface area contributed by atoms with Gasteiger partial charge in [0.05, 0.1) is 6.54 Å². The molecule has 2 aromatic rings. The van der Waals surface area contributed by atoms with Crippen molar-refractivity contribution in [3.63, 3.8) is 0 Å². The molecule has 1 aromatic carbocycles. The number of halogens is 3. The molecular weight excluding hydrogens is 361 g/mol. The Balaban J connectivity index is 1.84. The molecule has 0 amide bonds. The number of hydrogen-bond acceptors (Lipinski definition) is 3. The third-order valence-corrected chi connectivity index (χ3v) is 4.58. The van der Waals surface area contributed by atoms with E-state index in [1.54, 1.807) is 7.05 Å². The molecule has 0 saturated carbocycles. The van der Waals surface area contributed by atoms with E-state index >= 15 is 0 Å². The number of nitrogens with one attached hydrogen (secondary N) is 2. The van der Waals surface area contributed by atoms with E-state index in [-0.39, 0.29) is 12.0 Å². The van der Waals surface area contributed by atoms with Gasteiger partial charge in [-0.05, 0) is 17.4 Å². The molecule has 1 aromatic heterocycles. The van der Waals surface area contributed by atoms with Crippen molar-refractivity contribution in [2.45, 2.75) is 33.0 Å². The van der Waals surface area contributed by atoms with Gasteiger partial charge in [0.2, 0.25) is 0 Å². The van der Waals surface area contributed by atoms with E-state index in [0.29, 0.717) is 17.5 Å². The van der Waals surface area contributed by atoms with Crippen molar-refractivity contribution in [2.75, 3.05) is 13.6 Å². The number of aromatic nitrogens is 1. The summed E-state index contributed by atoms with van der Waals surface area (Å²) in [5.41, 5.74) is 0.389. The van der Waals surface area contributed by atoms with Crippen LogP contribution in [0.5, 0.6) is 0 Å². The zero-order valence-corrected chi connectivity index (χ0v) is 15.8. The van der Waals surface area contributed by atoms with Crippen LogP contribution in [0.2, 0.25) is 0 Å². The Morgan fingerprint density at radius 1 is 1.15 bits per heavy atom. The number of guanidine groups is 1. The number of aliphatic imine (C=N–C) groups is 1. The van der Waals surface area contributed by atoms with E-state index in [2.05, 4.69) is 46.6 Å². The van der Waals surface area contributed by atoms with Crippen LogP contribution in [-0.4, -0.2) is 24.5 Å². The predicted molar refractivity (Wildman–Crippen MR) is 99.2 cm³/mol. The van der Waals surface area contributed by atoms with Gasteiger partial charge >= 0.3 is 6.18 Å².